The fourth-order valence-corrected chi connectivity index (χ4v) is 5.65. The van der Waals surface area contributed by atoms with Crippen molar-refractivity contribution in [2.45, 2.75) is 31.7 Å². The second-order valence-electron chi connectivity index (χ2n) is 8.71. The molecule has 3 heterocycles. The number of nitrogens with one attached hydrogen (secondary N) is 1. The number of anilines is 4. The maximum absolute atomic E-state index is 13.5. The Labute approximate surface area is 197 Å². The minimum absolute atomic E-state index is 0.147. The molecule has 0 unspecified atom stereocenters. The van der Waals surface area contributed by atoms with Gasteiger partial charge in [0.25, 0.3) is 0 Å². The van der Waals surface area contributed by atoms with Crippen LogP contribution in [-0.4, -0.2) is 47.9 Å². The molecule has 2 fully saturated rings. The van der Waals surface area contributed by atoms with E-state index in [-0.39, 0.29) is 17.2 Å². The predicted molar refractivity (Wildman–Crippen MR) is 132 cm³/mol. The van der Waals surface area contributed by atoms with Crippen molar-refractivity contribution in [3.8, 4) is 0 Å². The van der Waals surface area contributed by atoms with Crippen molar-refractivity contribution < 1.29 is 9.18 Å². The smallest absolute Gasteiger partial charge is 0.206 e. The molecule has 0 aliphatic carbocycles. The molecule has 172 valence electrons. The van der Waals surface area contributed by atoms with Crippen molar-refractivity contribution in [1.82, 2.24) is 9.88 Å². The Morgan fingerprint density at radius 1 is 1.06 bits per heavy atom. The summed E-state index contributed by atoms with van der Waals surface area (Å²) in [7, 11) is 0. The van der Waals surface area contributed by atoms with Gasteiger partial charge in [0.1, 0.15) is 16.5 Å². The molecule has 5 rings (SSSR count). The van der Waals surface area contributed by atoms with Gasteiger partial charge in [0.15, 0.2) is 5.13 Å². The third kappa shape index (κ3) is 4.86. The third-order valence-corrected chi connectivity index (χ3v) is 7.54. The van der Waals surface area contributed by atoms with Crippen LogP contribution in [0.1, 0.15) is 40.9 Å². The molecular formula is C25H28FN5OS. The van der Waals surface area contributed by atoms with E-state index in [1.807, 2.05) is 12.1 Å². The Morgan fingerprint density at radius 2 is 1.79 bits per heavy atom. The fourth-order valence-electron chi connectivity index (χ4n) is 4.78. The highest BCUT2D eigenvalue weighted by atomic mass is 32.1. The molecule has 2 aromatic carbocycles. The summed E-state index contributed by atoms with van der Waals surface area (Å²) in [5.74, 6) is -0.637. The maximum atomic E-state index is 13.5. The lowest BCUT2D eigenvalue weighted by Gasteiger charge is -2.37. The molecule has 33 heavy (non-hydrogen) atoms. The number of benzene rings is 2. The topological polar surface area (TPSA) is 74.5 Å². The number of nitrogen functional groups attached to an aromatic ring is 1. The van der Waals surface area contributed by atoms with E-state index in [1.165, 1.54) is 74.0 Å². The van der Waals surface area contributed by atoms with Crippen molar-refractivity contribution >= 4 is 39.4 Å². The van der Waals surface area contributed by atoms with E-state index in [2.05, 4.69) is 32.2 Å². The molecule has 2 aliphatic heterocycles. The van der Waals surface area contributed by atoms with E-state index in [0.29, 0.717) is 10.0 Å². The van der Waals surface area contributed by atoms with Crippen molar-refractivity contribution in [1.29, 1.82) is 0 Å². The molecular weight excluding hydrogens is 437 g/mol. The summed E-state index contributed by atoms with van der Waals surface area (Å²) in [5.41, 5.74) is 8.35. The van der Waals surface area contributed by atoms with E-state index >= 15 is 0 Å². The highest BCUT2D eigenvalue weighted by Gasteiger charge is 2.26. The van der Waals surface area contributed by atoms with Crippen molar-refractivity contribution in [3.05, 3.63) is 64.8 Å². The number of carbonyl (C=O) groups is 1. The number of likely N-dealkylation sites (tertiary alicyclic amines) is 1. The first-order valence-corrected chi connectivity index (χ1v) is 12.3. The molecule has 0 spiro atoms. The van der Waals surface area contributed by atoms with Crippen molar-refractivity contribution in [2.24, 2.45) is 0 Å². The number of nitrogens with zero attached hydrogens (tertiary/aromatic N) is 3. The molecule has 0 amide bonds. The molecule has 6 nitrogen and oxygen atoms in total. The molecule has 1 aromatic heterocycles. The summed E-state index contributed by atoms with van der Waals surface area (Å²) in [6.45, 7) is 4.70. The van der Waals surface area contributed by atoms with Crippen LogP contribution < -0.4 is 16.0 Å². The third-order valence-electron chi connectivity index (χ3n) is 6.55. The number of rotatable bonds is 6. The monoisotopic (exact) mass is 465 g/mol. The molecule has 0 radical (unpaired) electrons. The lowest BCUT2D eigenvalue weighted by atomic mass is 10.0. The standard InChI is InChI=1S/C25H28FN5OS/c26-18-5-3-4-17(16-18)22(32)23-24(27)29-25(33-23)28-19-6-8-20(9-7-19)31-14-10-21(11-15-31)30-12-1-2-13-30/h3-9,16,21H,1-2,10-15,27H2,(H,28,29). The number of thiazole rings is 1. The average molecular weight is 466 g/mol. The lowest BCUT2D eigenvalue weighted by Crippen LogP contribution is -2.43. The van der Waals surface area contributed by atoms with Crippen LogP contribution in [0.15, 0.2) is 48.5 Å². The Bertz CT molecular complexity index is 1120. The first kappa shape index (κ1) is 21.9. The number of piperidine rings is 1. The second kappa shape index (κ2) is 9.49. The molecule has 0 bridgehead atoms. The zero-order valence-electron chi connectivity index (χ0n) is 18.5. The van der Waals surface area contributed by atoms with Gasteiger partial charge < -0.3 is 20.9 Å². The van der Waals surface area contributed by atoms with Gasteiger partial charge in [-0.25, -0.2) is 9.37 Å². The molecule has 3 aromatic rings. The fraction of sp³-hybridized carbons (Fsp3) is 0.360. The summed E-state index contributed by atoms with van der Waals surface area (Å²) in [4.78, 5) is 22.4. The van der Waals surface area contributed by atoms with Gasteiger partial charge in [-0.1, -0.05) is 23.5 Å². The zero-order valence-corrected chi connectivity index (χ0v) is 19.3. The van der Waals surface area contributed by atoms with E-state index < -0.39 is 5.82 Å². The predicted octanol–water partition coefficient (Wildman–Crippen LogP) is 4.90. The van der Waals surface area contributed by atoms with Gasteiger partial charge in [0.2, 0.25) is 5.78 Å². The Balaban J connectivity index is 1.21. The first-order chi connectivity index (χ1) is 16.1. The van der Waals surface area contributed by atoms with Gasteiger partial charge in [-0.2, -0.15) is 0 Å². The lowest BCUT2D eigenvalue weighted by molar-refractivity contribution is 0.104. The summed E-state index contributed by atoms with van der Waals surface area (Å²) < 4.78 is 13.5. The molecule has 3 N–H and O–H groups in total. The highest BCUT2D eigenvalue weighted by molar-refractivity contribution is 7.18. The number of ketones is 1. The van der Waals surface area contributed by atoms with Crippen LogP contribution in [0.2, 0.25) is 0 Å². The van der Waals surface area contributed by atoms with E-state index in [1.54, 1.807) is 6.07 Å². The molecule has 8 heteroatoms. The maximum Gasteiger partial charge on any atom is 0.206 e. The van der Waals surface area contributed by atoms with Crippen LogP contribution in [0.25, 0.3) is 0 Å². The van der Waals surface area contributed by atoms with Crippen molar-refractivity contribution in [2.75, 3.05) is 42.1 Å². The molecule has 2 aliphatic rings. The summed E-state index contributed by atoms with van der Waals surface area (Å²) >= 11 is 1.17. The average Bonchev–Trinajstić information content (AvgIpc) is 3.49. The van der Waals surface area contributed by atoms with Crippen LogP contribution >= 0.6 is 11.3 Å². The molecule has 2 saturated heterocycles. The van der Waals surface area contributed by atoms with Gasteiger partial charge >= 0.3 is 0 Å². The Morgan fingerprint density at radius 3 is 2.48 bits per heavy atom. The Kier molecular flexibility index (Phi) is 6.28. The number of aromatic nitrogens is 1. The van der Waals surface area contributed by atoms with Crippen LogP contribution in [0.5, 0.6) is 0 Å². The minimum atomic E-state index is -0.456. The summed E-state index contributed by atoms with van der Waals surface area (Å²) in [6.07, 6.45) is 5.14. The van der Waals surface area contributed by atoms with E-state index in [9.17, 15) is 9.18 Å². The number of hydrogen-bond donors (Lipinski definition) is 2. The summed E-state index contributed by atoms with van der Waals surface area (Å²) in [5, 5.41) is 3.77. The largest absolute Gasteiger partial charge is 0.382 e. The number of halogens is 1. The Hall–Kier alpha value is -2.97. The zero-order chi connectivity index (χ0) is 22.8. The first-order valence-electron chi connectivity index (χ1n) is 11.5. The van der Waals surface area contributed by atoms with Crippen LogP contribution in [0, 0.1) is 5.82 Å². The summed E-state index contributed by atoms with van der Waals surface area (Å²) in [6, 6.07) is 14.6. The number of nitrogens with two attached hydrogens (primary N) is 1. The van der Waals surface area contributed by atoms with E-state index in [0.717, 1.165) is 24.8 Å². The molecule has 0 saturated carbocycles. The highest BCUT2D eigenvalue weighted by Crippen LogP contribution is 2.31. The SMILES string of the molecule is Nc1nc(Nc2ccc(N3CCC(N4CCCC4)CC3)cc2)sc1C(=O)c1cccc(F)c1. The van der Waals surface area contributed by atoms with Gasteiger partial charge in [0, 0.05) is 36.1 Å². The number of carbonyl (C=O) groups excluding carboxylic acids is 1. The van der Waals surface area contributed by atoms with Crippen LogP contribution in [0.4, 0.5) is 26.7 Å². The quantitative estimate of drug-likeness (QED) is 0.504. The van der Waals surface area contributed by atoms with Crippen LogP contribution in [-0.2, 0) is 0 Å². The number of hydrogen-bond acceptors (Lipinski definition) is 7. The molecule has 0 atom stereocenters. The second-order valence-corrected chi connectivity index (χ2v) is 9.71. The van der Waals surface area contributed by atoms with Gasteiger partial charge in [-0.15, -0.1) is 0 Å². The van der Waals surface area contributed by atoms with Gasteiger partial charge in [-0.05, 0) is 75.2 Å². The minimum Gasteiger partial charge on any atom is -0.382 e. The van der Waals surface area contributed by atoms with Crippen molar-refractivity contribution in [3.63, 3.8) is 0 Å². The van der Waals surface area contributed by atoms with Gasteiger partial charge in [0.05, 0.1) is 0 Å². The normalized spacial score (nSPS) is 17.4. The van der Waals surface area contributed by atoms with E-state index in [4.69, 9.17) is 5.73 Å². The van der Waals surface area contributed by atoms with Gasteiger partial charge in [-0.3, -0.25) is 4.79 Å². The van der Waals surface area contributed by atoms with Crippen LogP contribution in [0.3, 0.4) is 0 Å².